The van der Waals surface area contributed by atoms with Crippen LogP contribution in [0.1, 0.15) is 32.6 Å². The standard InChI is InChI=1S/C8H16N2O/c1-2-3-6-11-8(10-9)7-4-5-7/h10H,2-6,9H2,1H3. The Labute approximate surface area is 67.6 Å². The number of hydrogen-bond donors (Lipinski definition) is 2. The van der Waals surface area contributed by atoms with Crippen molar-refractivity contribution >= 4 is 0 Å². The van der Waals surface area contributed by atoms with Crippen molar-refractivity contribution in [2.24, 2.45) is 5.84 Å². The summed E-state index contributed by atoms with van der Waals surface area (Å²) in [5.74, 6) is 6.07. The molecular weight excluding hydrogens is 140 g/mol. The van der Waals surface area contributed by atoms with Gasteiger partial charge < -0.3 is 4.74 Å². The Hall–Kier alpha value is -0.700. The molecule has 0 aromatic rings. The van der Waals surface area contributed by atoms with E-state index >= 15 is 0 Å². The van der Waals surface area contributed by atoms with Crippen LogP contribution in [0.25, 0.3) is 0 Å². The predicted octanol–water partition coefficient (Wildman–Crippen LogP) is 1.27. The number of rotatable bonds is 5. The van der Waals surface area contributed by atoms with Gasteiger partial charge in [-0.2, -0.15) is 0 Å². The first-order chi connectivity index (χ1) is 5.38. The van der Waals surface area contributed by atoms with Gasteiger partial charge in [-0.15, -0.1) is 0 Å². The molecule has 0 aliphatic heterocycles. The summed E-state index contributed by atoms with van der Waals surface area (Å²) in [6.07, 6.45) is 4.54. The molecular formula is C8H16N2O. The third-order valence-electron chi connectivity index (χ3n) is 1.70. The molecule has 1 saturated carbocycles. The van der Waals surface area contributed by atoms with Gasteiger partial charge >= 0.3 is 0 Å². The molecule has 0 atom stereocenters. The van der Waals surface area contributed by atoms with Crippen LogP contribution in [-0.2, 0) is 4.74 Å². The van der Waals surface area contributed by atoms with Gasteiger partial charge in [0.25, 0.3) is 0 Å². The van der Waals surface area contributed by atoms with Crippen molar-refractivity contribution in [3.05, 3.63) is 11.5 Å². The van der Waals surface area contributed by atoms with Crippen LogP contribution in [0.2, 0.25) is 0 Å². The number of nitrogens with two attached hydrogens (primary N) is 1. The number of ether oxygens (including phenoxy) is 1. The fourth-order valence-electron chi connectivity index (χ4n) is 0.854. The van der Waals surface area contributed by atoms with Gasteiger partial charge in [0.15, 0.2) is 5.88 Å². The van der Waals surface area contributed by atoms with E-state index in [0.717, 1.165) is 38.2 Å². The molecule has 0 bridgehead atoms. The van der Waals surface area contributed by atoms with Gasteiger partial charge in [-0.05, 0) is 24.8 Å². The van der Waals surface area contributed by atoms with Crippen molar-refractivity contribution in [2.75, 3.05) is 6.61 Å². The van der Waals surface area contributed by atoms with Crippen molar-refractivity contribution in [3.8, 4) is 0 Å². The van der Waals surface area contributed by atoms with Gasteiger partial charge in [-0.3, -0.25) is 5.43 Å². The number of hydrogen-bond acceptors (Lipinski definition) is 3. The Morgan fingerprint density at radius 3 is 2.82 bits per heavy atom. The Kier molecular flexibility index (Phi) is 3.23. The Bertz CT molecular complexity index is 148. The third-order valence-corrected chi connectivity index (χ3v) is 1.70. The second kappa shape index (κ2) is 4.23. The summed E-state index contributed by atoms with van der Waals surface area (Å²) in [4.78, 5) is 0. The molecule has 3 heteroatoms. The molecule has 11 heavy (non-hydrogen) atoms. The van der Waals surface area contributed by atoms with E-state index in [2.05, 4.69) is 12.3 Å². The summed E-state index contributed by atoms with van der Waals surface area (Å²) in [5, 5.41) is 0. The van der Waals surface area contributed by atoms with E-state index in [1.165, 1.54) is 5.57 Å². The summed E-state index contributed by atoms with van der Waals surface area (Å²) >= 11 is 0. The maximum absolute atomic E-state index is 5.40. The van der Waals surface area contributed by atoms with Gasteiger partial charge in [-0.1, -0.05) is 13.3 Å². The van der Waals surface area contributed by atoms with E-state index in [9.17, 15) is 0 Å². The highest BCUT2D eigenvalue weighted by Gasteiger charge is 2.18. The first-order valence-electron chi connectivity index (χ1n) is 4.20. The Morgan fingerprint density at radius 2 is 2.36 bits per heavy atom. The second-order valence-corrected chi connectivity index (χ2v) is 2.78. The van der Waals surface area contributed by atoms with Crippen molar-refractivity contribution in [3.63, 3.8) is 0 Å². The summed E-state index contributed by atoms with van der Waals surface area (Å²) in [6, 6.07) is 0. The minimum atomic E-state index is 0.777. The maximum atomic E-state index is 5.40. The van der Waals surface area contributed by atoms with E-state index in [-0.39, 0.29) is 0 Å². The summed E-state index contributed by atoms with van der Waals surface area (Å²) in [5.41, 5.74) is 3.90. The Morgan fingerprint density at radius 1 is 1.64 bits per heavy atom. The molecule has 0 radical (unpaired) electrons. The zero-order valence-electron chi connectivity index (χ0n) is 7.02. The predicted molar refractivity (Wildman–Crippen MR) is 44.4 cm³/mol. The quantitative estimate of drug-likeness (QED) is 0.273. The van der Waals surface area contributed by atoms with Crippen molar-refractivity contribution in [1.82, 2.24) is 5.43 Å². The van der Waals surface area contributed by atoms with Crippen molar-refractivity contribution in [2.45, 2.75) is 32.6 Å². The molecule has 0 unspecified atom stereocenters. The molecule has 1 fully saturated rings. The topological polar surface area (TPSA) is 47.3 Å². The lowest BCUT2D eigenvalue weighted by Crippen LogP contribution is -2.23. The van der Waals surface area contributed by atoms with Crippen LogP contribution >= 0.6 is 0 Å². The van der Waals surface area contributed by atoms with E-state index in [0.29, 0.717) is 0 Å². The fraction of sp³-hybridized carbons (Fsp3) is 0.750. The third kappa shape index (κ3) is 2.80. The van der Waals surface area contributed by atoms with Crippen LogP contribution in [0.5, 0.6) is 0 Å². The first kappa shape index (κ1) is 8.40. The molecule has 0 spiro atoms. The first-order valence-corrected chi connectivity index (χ1v) is 4.20. The van der Waals surface area contributed by atoms with Crippen LogP contribution < -0.4 is 11.3 Å². The molecule has 3 N–H and O–H groups in total. The van der Waals surface area contributed by atoms with Crippen molar-refractivity contribution < 1.29 is 4.74 Å². The minimum Gasteiger partial charge on any atom is -0.478 e. The monoisotopic (exact) mass is 156 g/mol. The number of allylic oxidation sites excluding steroid dienone is 1. The normalized spacial score (nSPS) is 14.5. The van der Waals surface area contributed by atoms with Crippen LogP contribution in [0, 0.1) is 0 Å². The molecule has 0 aromatic carbocycles. The van der Waals surface area contributed by atoms with Gasteiger partial charge in [0, 0.05) is 0 Å². The zero-order valence-corrected chi connectivity index (χ0v) is 7.02. The van der Waals surface area contributed by atoms with E-state index < -0.39 is 0 Å². The van der Waals surface area contributed by atoms with E-state index in [1.54, 1.807) is 0 Å². The molecule has 0 heterocycles. The number of nitrogens with one attached hydrogen (secondary N) is 1. The largest absolute Gasteiger partial charge is 0.478 e. The van der Waals surface area contributed by atoms with E-state index in [1.807, 2.05) is 0 Å². The van der Waals surface area contributed by atoms with Crippen LogP contribution in [0.4, 0.5) is 0 Å². The Balaban J connectivity index is 2.17. The molecule has 1 rings (SSSR count). The zero-order chi connectivity index (χ0) is 8.10. The van der Waals surface area contributed by atoms with Crippen LogP contribution in [-0.4, -0.2) is 6.61 Å². The second-order valence-electron chi connectivity index (χ2n) is 2.78. The lowest BCUT2D eigenvalue weighted by molar-refractivity contribution is 0.185. The highest BCUT2D eigenvalue weighted by Crippen LogP contribution is 2.30. The highest BCUT2D eigenvalue weighted by molar-refractivity contribution is 5.19. The van der Waals surface area contributed by atoms with Crippen molar-refractivity contribution in [1.29, 1.82) is 0 Å². The molecule has 0 saturated heterocycles. The van der Waals surface area contributed by atoms with Gasteiger partial charge in [0.1, 0.15) is 0 Å². The summed E-state index contributed by atoms with van der Waals surface area (Å²) < 4.78 is 5.40. The number of unbranched alkanes of at least 4 members (excludes halogenated alkanes) is 1. The molecule has 0 amide bonds. The summed E-state index contributed by atoms with van der Waals surface area (Å²) in [6.45, 7) is 2.92. The lowest BCUT2D eigenvalue weighted by atomic mass is 10.4. The maximum Gasteiger partial charge on any atom is 0.200 e. The average molecular weight is 156 g/mol. The highest BCUT2D eigenvalue weighted by atomic mass is 16.5. The number of hydrazine groups is 1. The molecule has 1 aliphatic rings. The van der Waals surface area contributed by atoms with Gasteiger partial charge in [0.05, 0.1) is 6.61 Å². The van der Waals surface area contributed by atoms with Gasteiger partial charge in [0.2, 0.25) is 0 Å². The molecule has 3 nitrogen and oxygen atoms in total. The van der Waals surface area contributed by atoms with Gasteiger partial charge in [-0.25, -0.2) is 5.84 Å². The average Bonchev–Trinajstić information content (AvgIpc) is 2.81. The SMILES string of the molecule is CCCCOC(NN)=C1CC1. The van der Waals surface area contributed by atoms with Crippen LogP contribution in [0.15, 0.2) is 11.5 Å². The molecule has 1 aliphatic carbocycles. The summed E-state index contributed by atoms with van der Waals surface area (Å²) in [7, 11) is 0. The fourth-order valence-corrected chi connectivity index (χ4v) is 0.854. The minimum absolute atomic E-state index is 0.777. The smallest absolute Gasteiger partial charge is 0.200 e. The van der Waals surface area contributed by atoms with E-state index in [4.69, 9.17) is 10.6 Å². The van der Waals surface area contributed by atoms with Crippen LogP contribution in [0.3, 0.4) is 0 Å². The molecule has 0 aromatic heterocycles. The molecule has 64 valence electrons. The lowest BCUT2D eigenvalue weighted by Gasteiger charge is -2.07.